The standard InChI is InChI=1S/C16H18ClN3O/c1-2-14-9-12(10-15(18)20-14)16(21)19-8-7-11-3-5-13(17)6-4-11/h3-6,9-10H,2,7-8H2,1H3,(H2,18,20)(H,19,21). The third-order valence-electron chi connectivity index (χ3n) is 3.14. The minimum Gasteiger partial charge on any atom is -0.384 e. The van der Waals surface area contributed by atoms with Crippen molar-refractivity contribution >= 4 is 23.3 Å². The third-order valence-corrected chi connectivity index (χ3v) is 3.39. The minimum absolute atomic E-state index is 0.132. The molecule has 0 saturated carbocycles. The van der Waals surface area contributed by atoms with Crippen LogP contribution >= 0.6 is 11.6 Å². The van der Waals surface area contributed by atoms with Gasteiger partial charge in [0.15, 0.2) is 0 Å². The Balaban J connectivity index is 1.92. The Labute approximate surface area is 129 Å². The molecule has 0 spiro atoms. The van der Waals surface area contributed by atoms with Gasteiger partial charge in [-0.2, -0.15) is 0 Å². The fraction of sp³-hybridized carbons (Fsp3) is 0.250. The highest BCUT2D eigenvalue weighted by Crippen LogP contribution is 2.10. The van der Waals surface area contributed by atoms with E-state index in [1.807, 2.05) is 31.2 Å². The number of anilines is 1. The van der Waals surface area contributed by atoms with Crippen LogP contribution < -0.4 is 11.1 Å². The van der Waals surface area contributed by atoms with Crippen molar-refractivity contribution in [3.05, 3.63) is 58.2 Å². The van der Waals surface area contributed by atoms with Crippen LogP contribution in [0.4, 0.5) is 5.82 Å². The van der Waals surface area contributed by atoms with Crippen LogP contribution in [0.5, 0.6) is 0 Å². The molecule has 0 aliphatic rings. The summed E-state index contributed by atoms with van der Waals surface area (Å²) in [6.45, 7) is 2.54. The number of aromatic nitrogens is 1. The lowest BCUT2D eigenvalue weighted by atomic mass is 10.1. The van der Waals surface area contributed by atoms with Gasteiger partial charge in [0.25, 0.3) is 5.91 Å². The van der Waals surface area contributed by atoms with Crippen molar-refractivity contribution in [2.24, 2.45) is 0 Å². The van der Waals surface area contributed by atoms with Gasteiger partial charge in [-0.05, 0) is 42.7 Å². The van der Waals surface area contributed by atoms with Gasteiger partial charge < -0.3 is 11.1 Å². The Morgan fingerprint density at radius 1 is 1.29 bits per heavy atom. The van der Waals surface area contributed by atoms with Crippen LogP contribution in [0.2, 0.25) is 5.02 Å². The van der Waals surface area contributed by atoms with Gasteiger partial charge in [-0.15, -0.1) is 0 Å². The normalized spacial score (nSPS) is 10.4. The van der Waals surface area contributed by atoms with Gasteiger partial charge in [0.1, 0.15) is 5.82 Å². The number of amides is 1. The second-order valence-electron chi connectivity index (χ2n) is 4.76. The molecule has 1 amide bonds. The van der Waals surface area contributed by atoms with E-state index >= 15 is 0 Å². The molecule has 1 aromatic heterocycles. The molecule has 5 heteroatoms. The molecule has 0 fully saturated rings. The van der Waals surface area contributed by atoms with E-state index in [9.17, 15) is 4.79 Å². The minimum atomic E-state index is -0.132. The summed E-state index contributed by atoms with van der Waals surface area (Å²) in [5.74, 6) is 0.241. The molecule has 0 radical (unpaired) electrons. The van der Waals surface area contributed by atoms with Crippen molar-refractivity contribution < 1.29 is 4.79 Å². The molecule has 0 unspecified atom stereocenters. The number of carbonyl (C=O) groups is 1. The highest BCUT2D eigenvalue weighted by atomic mass is 35.5. The van der Waals surface area contributed by atoms with E-state index in [1.54, 1.807) is 12.1 Å². The predicted octanol–water partition coefficient (Wildman–Crippen LogP) is 2.85. The van der Waals surface area contributed by atoms with Crippen LogP contribution in [-0.2, 0) is 12.8 Å². The summed E-state index contributed by atoms with van der Waals surface area (Å²) in [6, 6.07) is 11.0. The summed E-state index contributed by atoms with van der Waals surface area (Å²) in [4.78, 5) is 16.2. The van der Waals surface area contributed by atoms with Crippen LogP contribution in [0.15, 0.2) is 36.4 Å². The van der Waals surface area contributed by atoms with Crippen molar-refractivity contribution in [3.8, 4) is 0 Å². The topological polar surface area (TPSA) is 68.0 Å². The molecule has 0 atom stereocenters. The van der Waals surface area contributed by atoms with E-state index in [2.05, 4.69) is 10.3 Å². The van der Waals surface area contributed by atoms with Crippen LogP contribution in [0.3, 0.4) is 0 Å². The number of hydrogen-bond donors (Lipinski definition) is 2. The van der Waals surface area contributed by atoms with Crippen molar-refractivity contribution in [2.75, 3.05) is 12.3 Å². The Morgan fingerprint density at radius 2 is 2.00 bits per heavy atom. The van der Waals surface area contributed by atoms with E-state index in [4.69, 9.17) is 17.3 Å². The van der Waals surface area contributed by atoms with Crippen LogP contribution in [0.25, 0.3) is 0 Å². The molecular formula is C16H18ClN3O. The Morgan fingerprint density at radius 3 is 2.67 bits per heavy atom. The number of hydrogen-bond acceptors (Lipinski definition) is 3. The molecule has 1 heterocycles. The first kappa shape index (κ1) is 15.3. The first-order chi connectivity index (χ1) is 10.1. The number of aryl methyl sites for hydroxylation is 1. The van der Waals surface area contributed by atoms with Gasteiger partial charge in [0.2, 0.25) is 0 Å². The summed E-state index contributed by atoms with van der Waals surface area (Å²) in [6.07, 6.45) is 1.50. The van der Waals surface area contributed by atoms with Gasteiger partial charge in [-0.25, -0.2) is 4.98 Å². The number of pyridine rings is 1. The van der Waals surface area contributed by atoms with E-state index in [0.717, 1.165) is 24.1 Å². The maximum Gasteiger partial charge on any atom is 0.251 e. The molecule has 0 bridgehead atoms. The van der Waals surface area contributed by atoms with Gasteiger partial charge in [-0.1, -0.05) is 30.7 Å². The van der Waals surface area contributed by atoms with E-state index in [-0.39, 0.29) is 5.91 Å². The smallest absolute Gasteiger partial charge is 0.251 e. The third kappa shape index (κ3) is 4.46. The maximum absolute atomic E-state index is 12.1. The van der Waals surface area contributed by atoms with Crippen molar-refractivity contribution in [1.29, 1.82) is 0 Å². The fourth-order valence-electron chi connectivity index (χ4n) is 2.00. The highest BCUT2D eigenvalue weighted by Gasteiger charge is 2.08. The van der Waals surface area contributed by atoms with E-state index in [1.165, 1.54) is 0 Å². The second kappa shape index (κ2) is 7.09. The van der Waals surface area contributed by atoms with Crippen LogP contribution in [0, 0.1) is 0 Å². The quantitative estimate of drug-likeness (QED) is 0.892. The average Bonchev–Trinajstić information content (AvgIpc) is 2.48. The van der Waals surface area contributed by atoms with Gasteiger partial charge in [0.05, 0.1) is 0 Å². The number of nitrogen functional groups attached to an aromatic ring is 1. The molecule has 110 valence electrons. The summed E-state index contributed by atoms with van der Waals surface area (Å²) in [5, 5.41) is 3.60. The molecule has 3 N–H and O–H groups in total. The first-order valence-corrected chi connectivity index (χ1v) is 7.25. The molecule has 21 heavy (non-hydrogen) atoms. The maximum atomic E-state index is 12.1. The highest BCUT2D eigenvalue weighted by molar-refractivity contribution is 6.30. The Kier molecular flexibility index (Phi) is 5.17. The van der Waals surface area contributed by atoms with Crippen molar-refractivity contribution in [2.45, 2.75) is 19.8 Å². The number of benzene rings is 1. The molecule has 1 aromatic carbocycles. The molecule has 0 aliphatic heterocycles. The summed E-state index contributed by atoms with van der Waals surface area (Å²) in [5.41, 5.74) is 8.20. The van der Waals surface area contributed by atoms with Crippen molar-refractivity contribution in [3.63, 3.8) is 0 Å². The second-order valence-corrected chi connectivity index (χ2v) is 5.19. The number of halogens is 1. The zero-order chi connectivity index (χ0) is 15.2. The Bertz CT molecular complexity index is 626. The number of rotatable bonds is 5. The number of nitrogens with one attached hydrogen (secondary N) is 1. The van der Waals surface area contributed by atoms with Crippen molar-refractivity contribution in [1.82, 2.24) is 10.3 Å². The monoisotopic (exact) mass is 303 g/mol. The molecule has 2 rings (SSSR count). The van der Waals surface area contributed by atoms with Gasteiger partial charge >= 0.3 is 0 Å². The lowest BCUT2D eigenvalue weighted by molar-refractivity contribution is 0.0954. The lowest BCUT2D eigenvalue weighted by Crippen LogP contribution is -2.26. The molecule has 0 saturated heterocycles. The van der Waals surface area contributed by atoms with Crippen LogP contribution in [-0.4, -0.2) is 17.4 Å². The fourth-order valence-corrected chi connectivity index (χ4v) is 2.12. The van der Waals surface area contributed by atoms with E-state index < -0.39 is 0 Å². The number of nitrogens with two attached hydrogens (primary N) is 1. The Hall–Kier alpha value is -2.07. The zero-order valence-electron chi connectivity index (χ0n) is 11.9. The first-order valence-electron chi connectivity index (χ1n) is 6.87. The summed E-state index contributed by atoms with van der Waals surface area (Å²) < 4.78 is 0. The largest absolute Gasteiger partial charge is 0.384 e. The lowest BCUT2D eigenvalue weighted by Gasteiger charge is -2.07. The number of nitrogens with zero attached hydrogens (tertiary/aromatic N) is 1. The van der Waals surface area contributed by atoms with E-state index in [0.29, 0.717) is 22.9 Å². The van der Waals surface area contributed by atoms with Gasteiger partial charge in [0, 0.05) is 22.8 Å². The zero-order valence-corrected chi connectivity index (χ0v) is 12.7. The van der Waals surface area contributed by atoms with Gasteiger partial charge in [-0.3, -0.25) is 4.79 Å². The number of carbonyl (C=O) groups excluding carboxylic acids is 1. The average molecular weight is 304 g/mol. The SMILES string of the molecule is CCc1cc(C(=O)NCCc2ccc(Cl)cc2)cc(N)n1. The summed E-state index contributed by atoms with van der Waals surface area (Å²) in [7, 11) is 0. The van der Waals surface area contributed by atoms with Crippen LogP contribution in [0.1, 0.15) is 28.5 Å². The molecule has 0 aliphatic carbocycles. The molecule has 4 nitrogen and oxygen atoms in total. The molecule has 2 aromatic rings. The predicted molar refractivity (Wildman–Crippen MR) is 85.5 cm³/mol. The summed E-state index contributed by atoms with van der Waals surface area (Å²) >= 11 is 5.83. The molecular weight excluding hydrogens is 286 g/mol.